The maximum absolute atomic E-state index is 6.97. The van der Waals surface area contributed by atoms with E-state index in [2.05, 4.69) is 420 Å². The maximum atomic E-state index is 6.97. The minimum atomic E-state index is 0.839. The molecule has 0 spiro atoms. The molecule has 0 radical (unpaired) electrons. The molecule has 21 rings (SSSR count). The zero-order valence-corrected chi connectivity index (χ0v) is 60.2. The van der Waals surface area contributed by atoms with Gasteiger partial charge in [0.05, 0.1) is 33.5 Å². The van der Waals surface area contributed by atoms with Gasteiger partial charge in [-0.1, -0.05) is 249 Å². The van der Waals surface area contributed by atoms with Gasteiger partial charge in [-0.05, 0) is 185 Å². The molecule has 0 amide bonds. The van der Waals surface area contributed by atoms with E-state index in [0.717, 1.165) is 112 Å². The van der Waals surface area contributed by atoms with Crippen molar-refractivity contribution in [1.29, 1.82) is 0 Å². The maximum Gasteiger partial charge on any atom is 0.159 e. The number of anilines is 12. The molecule has 0 aliphatic heterocycles. The number of thiophene rings is 2. The molecule has 0 bridgehead atoms. The van der Waals surface area contributed by atoms with Crippen molar-refractivity contribution >= 4 is 186 Å². The highest BCUT2D eigenvalue weighted by Crippen LogP contribution is 2.51. The summed E-state index contributed by atoms with van der Waals surface area (Å²) in [5.41, 5.74) is 20.8. The monoisotopic (exact) mass is 1420 g/mol. The first kappa shape index (κ1) is 63.9. The number of hydrogen-bond acceptors (Lipinski definition) is 8. The van der Waals surface area contributed by atoms with Gasteiger partial charge in [0.2, 0.25) is 0 Å². The van der Waals surface area contributed by atoms with Gasteiger partial charge in [-0.2, -0.15) is 0 Å². The SMILES string of the molecule is c1ccc(-c2ccc(N(c3ccc4c(c3)sc3ccccc34)c3cccc4c3oc3cccc(N(c5ccccc5)c5ccccc5)c34)cc2)cc1.c1ccc(N(c2ccccc2)c2cccc3oc4c(N(c5ccc(-c6ccc7ccccc7c6)cc5)c5ccc6c(c5)sc5ccccc56)cccc4c23)cc1. The molecule has 0 saturated heterocycles. The lowest BCUT2D eigenvalue weighted by atomic mass is 10.0. The van der Waals surface area contributed by atoms with Gasteiger partial charge >= 0.3 is 0 Å². The molecule has 21 aromatic rings. The van der Waals surface area contributed by atoms with E-state index in [1.807, 2.05) is 22.7 Å². The van der Waals surface area contributed by atoms with Crippen LogP contribution in [0.1, 0.15) is 0 Å². The smallest absolute Gasteiger partial charge is 0.159 e. The second-order valence-corrected chi connectivity index (χ2v) is 29.2. The standard InChI is InChI=1S/C52H34N2OS.C48H32N2OS/c1-3-15-39(16-4-1)53(40-17-5-2-6-18-40)46-21-12-23-48-51(46)45-20-11-22-47(52(45)55-48)54(42-31-32-44-43-19-9-10-24-49(43)56-50(44)34-42)41-29-27-36(28-30-41)38-26-25-35-13-7-8-14-37(35)33-38;1-4-14-33(15-5-1)34-26-28-37(29-27-34)50(38-30-31-40-39-20-10-11-25-45(39)52-46(40)32-38)43-23-12-21-41-47-42(22-13-24-44(47)51-48(41)43)49(35-16-6-2-7-17-35)36-18-8-3-9-19-36/h1-34H;1-32H. The Morgan fingerprint density at radius 2 is 0.500 bits per heavy atom. The first-order chi connectivity index (χ1) is 53.6. The largest absolute Gasteiger partial charge is 0.454 e. The van der Waals surface area contributed by atoms with E-state index in [9.17, 15) is 0 Å². The Balaban J connectivity index is 0.000000143. The third kappa shape index (κ3) is 11.5. The molecule has 0 aliphatic carbocycles. The molecule has 510 valence electrons. The molecule has 8 heteroatoms. The lowest BCUT2D eigenvalue weighted by Gasteiger charge is -2.26. The normalized spacial score (nSPS) is 11.5. The van der Waals surface area contributed by atoms with Crippen LogP contribution in [-0.4, -0.2) is 0 Å². The number of hydrogen-bond donors (Lipinski definition) is 0. The quantitative estimate of drug-likeness (QED) is 0.108. The van der Waals surface area contributed by atoms with Crippen molar-refractivity contribution in [3.63, 3.8) is 0 Å². The van der Waals surface area contributed by atoms with Crippen molar-refractivity contribution < 1.29 is 8.83 Å². The van der Waals surface area contributed by atoms with Crippen molar-refractivity contribution in [3.05, 3.63) is 400 Å². The number of benzene rings is 17. The molecule has 4 aromatic heterocycles. The highest BCUT2D eigenvalue weighted by molar-refractivity contribution is 7.26. The summed E-state index contributed by atoms with van der Waals surface area (Å²) in [5.74, 6) is 0. The Morgan fingerprint density at radius 1 is 0.185 bits per heavy atom. The van der Waals surface area contributed by atoms with Gasteiger partial charge in [0, 0.05) is 96.6 Å². The lowest BCUT2D eigenvalue weighted by molar-refractivity contribution is 0.668. The summed E-state index contributed by atoms with van der Waals surface area (Å²) >= 11 is 3.67. The Bertz CT molecular complexity index is 6800. The zero-order chi connectivity index (χ0) is 71.4. The van der Waals surface area contributed by atoms with Crippen LogP contribution in [0.4, 0.5) is 68.2 Å². The van der Waals surface area contributed by atoms with Crippen molar-refractivity contribution in [2.45, 2.75) is 0 Å². The summed E-state index contributed by atoms with van der Waals surface area (Å²) in [5, 5.41) is 11.9. The molecule has 0 aliphatic rings. The summed E-state index contributed by atoms with van der Waals surface area (Å²) in [6, 6.07) is 143. The second-order valence-electron chi connectivity index (χ2n) is 27.1. The van der Waals surface area contributed by atoms with Gasteiger partial charge in [-0.3, -0.25) is 0 Å². The predicted octanol–water partition coefficient (Wildman–Crippen LogP) is 30.3. The molecule has 17 aromatic carbocycles. The summed E-state index contributed by atoms with van der Waals surface area (Å²) in [6.07, 6.45) is 0. The Labute approximate surface area is 632 Å². The predicted molar refractivity (Wildman–Crippen MR) is 460 cm³/mol. The molecule has 0 atom stereocenters. The van der Waals surface area contributed by atoms with Crippen LogP contribution in [0.15, 0.2) is 409 Å². The molecule has 108 heavy (non-hydrogen) atoms. The Hall–Kier alpha value is -13.8. The van der Waals surface area contributed by atoms with E-state index in [-0.39, 0.29) is 0 Å². The van der Waals surface area contributed by atoms with Crippen LogP contribution in [0.5, 0.6) is 0 Å². The molecular formula is C100H66N4O2S2. The number of furan rings is 2. The first-order valence-corrected chi connectivity index (χ1v) is 38.1. The van der Waals surface area contributed by atoms with Gasteiger partial charge in [0.15, 0.2) is 11.2 Å². The van der Waals surface area contributed by atoms with E-state index >= 15 is 0 Å². The summed E-state index contributed by atoms with van der Waals surface area (Å²) in [4.78, 5) is 9.34. The summed E-state index contributed by atoms with van der Waals surface area (Å²) in [6.45, 7) is 0. The number of rotatable bonds is 14. The number of para-hydroxylation sites is 6. The highest BCUT2D eigenvalue weighted by Gasteiger charge is 2.27. The van der Waals surface area contributed by atoms with Crippen molar-refractivity contribution in [2.75, 3.05) is 19.6 Å². The van der Waals surface area contributed by atoms with E-state index in [0.29, 0.717) is 0 Å². The fourth-order valence-electron chi connectivity index (χ4n) is 15.7. The van der Waals surface area contributed by atoms with Gasteiger partial charge in [0.25, 0.3) is 0 Å². The topological polar surface area (TPSA) is 39.2 Å². The molecule has 0 saturated carbocycles. The van der Waals surface area contributed by atoms with Crippen molar-refractivity contribution in [1.82, 2.24) is 0 Å². The molecule has 4 heterocycles. The minimum Gasteiger partial charge on any atom is -0.454 e. The molecule has 0 unspecified atom stereocenters. The van der Waals surface area contributed by atoms with Crippen LogP contribution in [-0.2, 0) is 0 Å². The molecule has 6 nitrogen and oxygen atoms in total. The first-order valence-electron chi connectivity index (χ1n) is 36.4. The van der Waals surface area contributed by atoms with Crippen LogP contribution in [0.2, 0.25) is 0 Å². The Morgan fingerprint density at radius 3 is 0.954 bits per heavy atom. The van der Waals surface area contributed by atoms with Gasteiger partial charge < -0.3 is 28.4 Å². The van der Waals surface area contributed by atoms with Crippen LogP contribution in [0.25, 0.3) is 117 Å². The van der Waals surface area contributed by atoms with Gasteiger partial charge in [-0.15, -0.1) is 22.7 Å². The van der Waals surface area contributed by atoms with Gasteiger partial charge in [0.1, 0.15) is 11.2 Å². The van der Waals surface area contributed by atoms with Crippen LogP contribution >= 0.6 is 22.7 Å². The third-order valence-corrected chi connectivity index (χ3v) is 22.9. The third-order valence-electron chi connectivity index (χ3n) is 20.7. The zero-order valence-electron chi connectivity index (χ0n) is 58.5. The second kappa shape index (κ2) is 27.4. The van der Waals surface area contributed by atoms with Gasteiger partial charge in [-0.25, -0.2) is 0 Å². The van der Waals surface area contributed by atoms with Crippen LogP contribution in [0, 0.1) is 0 Å². The summed E-state index contributed by atoms with van der Waals surface area (Å²) < 4.78 is 19.0. The fourth-order valence-corrected chi connectivity index (χ4v) is 18.0. The van der Waals surface area contributed by atoms with E-state index in [1.54, 1.807) is 0 Å². The van der Waals surface area contributed by atoms with Crippen LogP contribution < -0.4 is 19.6 Å². The fraction of sp³-hybridized carbons (Fsp3) is 0. The molecular weight excluding hydrogens is 1350 g/mol. The highest BCUT2D eigenvalue weighted by atomic mass is 32.1. The number of fused-ring (bicyclic) bond motifs is 13. The summed E-state index contributed by atoms with van der Waals surface area (Å²) in [7, 11) is 0. The van der Waals surface area contributed by atoms with Crippen molar-refractivity contribution in [3.8, 4) is 22.3 Å². The Kier molecular flexibility index (Phi) is 16.2. The van der Waals surface area contributed by atoms with Crippen molar-refractivity contribution in [2.24, 2.45) is 0 Å². The lowest BCUT2D eigenvalue weighted by Crippen LogP contribution is -2.10. The van der Waals surface area contributed by atoms with E-state index in [4.69, 9.17) is 8.83 Å². The average molecular weight is 1420 g/mol. The van der Waals surface area contributed by atoms with Crippen LogP contribution in [0.3, 0.4) is 0 Å². The van der Waals surface area contributed by atoms with E-state index in [1.165, 1.54) is 73.4 Å². The minimum absolute atomic E-state index is 0.839. The average Bonchev–Trinajstić information content (AvgIpc) is 1.62. The molecule has 0 fully saturated rings. The number of nitrogens with zero attached hydrogens (tertiary/aromatic N) is 4. The molecule has 0 N–H and O–H groups in total. The van der Waals surface area contributed by atoms with E-state index < -0.39 is 0 Å².